The zero-order valence-electron chi connectivity index (χ0n) is 9.76. The van der Waals surface area contributed by atoms with E-state index in [1.54, 1.807) is 24.3 Å². The lowest BCUT2D eigenvalue weighted by Crippen LogP contribution is -2.29. The third-order valence-electron chi connectivity index (χ3n) is 2.88. The molecule has 94 valence electrons. The highest BCUT2D eigenvalue weighted by atomic mass is 19.1. The lowest BCUT2D eigenvalue weighted by Gasteiger charge is -2.09. The lowest BCUT2D eigenvalue weighted by atomic mass is 10.2. The molecular weight excluding hydrogens is 247 g/mol. The Morgan fingerprint density at radius 1 is 1.00 bits per heavy atom. The summed E-state index contributed by atoms with van der Waals surface area (Å²) in [6, 6.07) is 12.5. The van der Waals surface area contributed by atoms with E-state index in [4.69, 9.17) is 0 Å². The number of aromatic nitrogens is 2. The molecule has 0 saturated heterocycles. The largest absolute Gasteiger partial charge is 0.333 e. The normalized spacial score (nSPS) is 10.8. The van der Waals surface area contributed by atoms with E-state index in [9.17, 15) is 14.0 Å². The number of hydrogen-bond acceptors (Lipinski definition) is 2. The van der Waals surface area contributed by atoms with Crippen molar-refractivity contribution in [3.63, 3.8) is 0 Å². The summed E-state index contributed by atoms with van der Waals surface area (Å²) in [6.45, 7) is 0. The third kappa shape index (κ3) is 1.85. The molecule has 0 bridgehead atoms. The molecule has 2 aromatic carbocycles. The monoisotopic (exact) mass is 256 g/mol. The number of nitrogens with zero attached hydrogens (tertiary/aromatic N) is 1. The highest BCUT2D eigenvalue weighted by molar-refractivity contribution is 5.79. The van der Waals surface area contributed by atoms with Crippen LogP contribution in [0.25, 0.3) is 16.6 Å². The van der Waals surface area contributed by atoms with Gasteiger partial charge in [-0.2, -0.15) is 0 Å². The summed E-state index contributed by atoms with van der Waals surface area (Å²) >= 11 is 0. The predicted octanol–water partition coefficient (Wildman–Crippen LogP) is 1.82. The number of rotatable bonds is 1. The van der Waals surface area contributed by atoms with Gasteiger partial charge in [0.1, 0.15) is 5.82 Å². The van der Waals surface area contributed by atoms with Crippen molar-refractivity contribution in [2.24, 2.45) is 0 Å². The first-order valence-electron chi connectivity index (χ1n) is 5.67. The van der Waals surface area contributed by atoms with Crippen molar-refractivity contribution < 1.29 is 4.39 Å². The van der Waals surface area contributed by atoms with Gasteiger partial charge in [-0.3, -0.25) is 14.3 Å². The van der Waals surface area contributed by atoms with Crippen LogP contribution in [0.2, 0.25) is 0 Å². The van der Waals surface area contributed by atoms with Crippen LogP contribution in [0.1, 0.15) is 0 Å². The second kappa shape index (κ2) is 4.20. The summed E-state index contributed by atoms with van der Waals surface area (Å²) in [4.78, 5) is 25.9. The van der Waals surface area contributed by atoms with E-state index in [2.05, 4.69) is 4.98 Å². The molecular formula is C14H9FN2O2. The summed E-state index contributed by atoms with van der Waals surface area (Å²) in [5.41, 5.74) is -0.291. The van der Waals surface area contributed by atoms with Gasteiger partial charge >= 0.3 is 5.69 Å². The number of halogens is 1. The molecule has 0 aliphatic rings. The number of fused-ring (bicyclic) bond motifs is 1. The Labute approximate surface area is 106 Å². The predicted molar refractivity (Wildman–Crippen MR) is 70.1 cm³/mol. The Bertz CT molecular complexity index is 866. The average molecular weight is 256 g/mol. The van der Waals surface area contributed by atoms with E-state index in [0.717, 1.165) is 0 Å². The molecule has 0 fully saturated rings. The van der Waals surface area contributed by atoms with E-state index < -0.39 is 17.1 Å². The fourth-order valence-corrected chi connectivity index (χ4v) is 2.04. The number of nitrogens with one attached hydrogen (secondary N) is 1. The van der Waals surface area contributed by atoms with Gasteiger partial charge in [0.15, 0.2) is 0 Å². The summed E-state index contributed by atoms with van der Waals surface area (Å²) in [7, 11) is 0. The molecule has 0 atom stereocenters. The van der Waals surface area contributed by atoms with Crippen molar-refractivity contribution in [2.75, 3.05) is 0 Å². The number of hydrogen-bond donors (Lipinski definition) is 1. The molecule has 1 aromatic heterocycles. The lowest BCUT2D eigenvalue weighted by molar-refractivity contribution is 0.628. The van der Waals surface area contributed by atoms with E-state index >= 15 is 0 Å². The SMILES string of the molecule is O=c1[nH]c(=O)n(-c2ccccc2)c2cc(F)ccc12. The maximum Gasteiger partial charge on any atom is 0.333 e. The quantitative estimate of drug-likeness (QED) is 0.722. The van der Waals surface area contributed by atoms with E-state index in [1.165, 1.54) is 22.8 Å². The van der Waals surface area contributed by atoms with Crippen LogP contribution >= 0.6 is 0 Å². The molecule has 0 unspecified atom stereocenters. The van der Waals surface area contributed by atoms with Gasteiger partial charge in [-0.25, -0.2) is 9.18 Å². The van der Waals surface area contributed by atoms with Crippen LogP contribution in [0.5, 0.6) is 0 Å². The van der Waals surface area contributed by atoms with E-state index in [0.29, 0.717) is 5.69 Å². The molecule has 0 aliphatic carbocycles. The molecule has 19 heavy (non-hydrogen) atoms. The molecule has 1 N–H and O–H groups in total. The molecule has 5 heteroatoms. The highest BCUT2D eigenvalue weighted by Crippen LogP contribution is 2.14. The van der Waals surface area contributed by atoms with Crippen LogP contribution in [0.3, 0.4) is 0 Å². The molecule has 0 amide bonds. The van der Waals surface area contributed by atoms with E-state index in [1.807, 2.05) is 6.07 Å². The molecule has 0 saturated carbocycles. The number of para-hydroxylation sites is 1. The average Bonchev–Trinajstić information content (AvgIpc) is 2.39. The van der Waals surface area contributed by atoms with Crippen LogP contribution in [-0.4, -0.2) is 9.55 Å². The van der Waals surface area contributed by atoms with Gasteiger partial charge < -0.3 is 0 Å². The van der Waals surface area contributed by atoms with Gasteiger partial charge in [-0.05, 0) is 30.3 Å². The highest BCUT2D eigenvalue weighted by Gasteiger charge is 2.09. The van der Waals surface area contributed by atoms with Crippen molar-refractivity contribution in [1.29, 1.82) is 0 Å². The first kappa shape index (κ1) is 11.4. The summed E-state index contributed by atoms with van der Waals surface area (Å²) in [5.74, 6) is -0.498. The van der Waals surface area contributed by atoms with E-state index in [-0.39, 0.29) is 10.9 Å². The smallest absolute Gasteiger partial charge is 0.273 e. The zero-order chi connectivity index (χ0) is 13.4. The number of aromatic amines is 1. The third-order valence-corrected chi connectivity index (χ3v) is 2.88. The zero-order valence-corrected chi connectivity index (χ0v) is 9.76. The Hall–Kier alpha value is -2.69. The van der Waals surface area contributed by atoms with Crippen LogP contribution in [-0.2, 0) is 0 Å². The topological polar surface area (TPSA) is 54.9 Å². The van der Waals surface area contributed by atoms with Crippen molar-refractivity contribution in [3.05, 3.63) is 75.2 Å². The Kier molecular flexibility index (Phi) is 2.52. The fourth-order valence-electron chi connectivity index (χ4n) is 2.04. The summed E-state index contributed by atoms with van der Waals surface area (Å²) in [6.07, 6.45) is 0. The first-order valence-corrected chi connectivity index (χ1v) is 5.67. The Morgan fingerprint density at radius 2 is 1.74 bits per heavy atom. The molecule has 3 aromatic rings. The minimum absolute atomic E-state index is 0.250. The second-order valence-corrected chi connectivity index (χ2v) is 4.09. The van der Waals surface area contributed by atoms with Gasteiger partial charge in [0.2, 0.25) is 0 Å². The molecule has 3 rings (SSSR count). The standard InChI is InChI=1S/C14H9FN2O2/c15-9-6-7-11-12(8-9)17(14(19)16-13(11)18)10-4-2-1-3-5-10/h1-8H,(H,16,18,19). The minimum atomic E-state index is -0.589. The van der Waals surface area contributed by atoms with Crippen LogP contribution in [0, 0.1) is 5.82 Å². The van der Waals surface area contributed by atoms with Crippen molar-refractivity contribution in [3.8, 4) is 5.69 Å². The van der Waals surface area contributed by atoms with Gasteiger partial charge in [-0.1, -0.05) is 18.2 Å². The van der Waals surface area contributed by atoms with Crippen LogP contribution in [0.4, 0.5) is 4.39 Å². The fraction of sp³-hybridized carbons (Fsp3) is 0. The Morgan fingerprint density at radius 3 is 2.47 bits per heavy atom. The summed E-state index contributed by atoms with van der Waals surface area (Å²) < 4.78 is 14.6. The van der Waals surface area contributed by atoms with Crippen LogP contribution < -0.4 is 11.2 Å². The van der Waals surface area contributed by atoms with Gasteiger partial charge in [0.25, 0.3) is 5.56 Å². The van der Waals surface area contributed by atoms with Gasteiger partial charge in [0.05, 0.1) is 16.6 Å². The maximum atomic E-state index is 13.4. The first-order chi connectivity index (χ1) is 9.16. The number of benzene rings is 2. The Balaban J connectivity index is 2.51. The molecule has 0 radical (unpaired) electrons. The molecule has 0 spiro atoms. The molecule has 1 heterocycles. The van der Waals surface area contributed by atoms with Gasteiger partial charge in [0, 0.05) is 0 Å². The number of H-pyrrole nitrogens is 1. The van der Waals surface area contributed by atoms with Crippen molar-refractivity contribution in [2.45, 2.75) is 0 Å². The van der Waals surface area contributed by atoms with Gasteiger partial charge in [-0.15, -0.1) is 0 Å². The second-order valence-electron chi connectivity index (χ2n) is 4.09. The molecule has 4 nitrogen and oxygen atoms in total. The minimum Gasteiger partial charge on any atom is -0.273 e. The van der Waals surface area contributed by atoms with Crippen LogP contribution in [0.15, 0.2) is 58.1 Å². The van der Waals surface area contributed by atoms with Crippen molar-refractivity contribution >= 4 is 10.9 Å². The summed E-state index contributed by atoms with van der Waals surface area (Å²) in [5, 5.41) is 0.268. The van der Waals surface area contributed by atoms with Crippen molar-refractivity contribution in [1.82, 2.24) is 9.55 Å². The molecule has 0 aliphatic heterocycles. The maximum absolute atomic E-state index is 13.4.